The number of aromatic nitrogens is 1. The summed E-state index contributed by atoms with van der Waals surface area (Å²) < 4.78 is 23.8. The molecule has 0 aliphatic carbocycles. The van der Waals surface area contributed by atoms with Gasteiger partial charge in [0.2, 0.25) is 0 Å². The lowest BCUT2D eigenvalue weighted by atomic mass is 10.1. The fourth-order valence-electron chi connectivity index (χ4n) is 2.03. The molecule has 0 saturated carbocycles. The second kappa shape index (κ2) is 9.98. The summed E-state index contributed by atoms with van der Waals surface area (Å²) in [6.45, 7) is 7.71. The first kappa shape index (κ1) is 23.3. The van der Waals surface area contributed by atoms with E-state index in [0.29, 0.717) is 0 Å². The normalized spacial score (nSPS) is 13.2. The molecule has 3 N–H and O–H groups in total. The molecule has 1 aromatic heterocycles. The number of pyridine rings is 1. The maximum atomic E-state index is 13.9. The summed E-state index contributed by atoms with van der Waals surface area (Å²) in [7, 11) is 0. The average Bonchev–Trinajstić information content (AvgIpc) is 2.57. The number of hydrogen-bond donors (Lipinski definition) is 3. The third-order valence-electron chi connectivity index (χ3n) is 3.26. The molecule has 0 saturated heterocycles. The topological polar surface area (TPSA) is 127 Å². The van der Waals surface area contributed by atoms with Crippen molar-refractivity contribution < 1.29 is 33.4 Å². The van der Waals surface area contributed by atoms with Crippen molar-refractivity contribution in [1.29, 1.82) is 0 Å². The number of alkyl carbamates (subject to hydrolysis) is 1. The van der Waals surface area contributed by atoms with Gasteiger partial charge in [-0.25, -0.2) is 19.0 Å². The van der Waals surface area contributed by atoms with Crippen LogP contribution >= 0.6 is 0 Å². The zero-order chi connectivity index (χ0) is 21.5. The maximum absolute atomic E-state index is 13.9. The van der Waals surface area contributed by atoms with Crippen molar-refractivity contribution in [3.05, 3.63) is 29.3 Å². The largest absolute Gasteiger partial charge is 0.464 e. The van der Waals surface area contributed by atoms with Gasteiger partial charge in [-0.15, -0.1) is 0 Å². The number of nitrogens with one attached hydrogen (secondary N) is 2. The van der Waals surface area contributed by atoms with Gasteiger partial charge < -0.3 is 25.2 Å². The van der Waals surface area contributed by atoms with Crippen LogP contribution in [0.25, 0.3) is 0 Å². The Kier molecular flexibility index (Phi) is 8.30. The Hall–Kier alpha value is -2.75. The van der Waals surface area contributed by atoms with Crippen molar-refractivity contribution in [3.63, 3.8) is 0 Å². The molecule has 0 aliphatic rings. The van der Waals surface area contributed by atoms with Crippen LogP contribution in [-0.4, -0.2) is 52.4 Å². The number of esters is 1. The van der Waals surface area contributed by atoms with Crippen LogP contribution in [-0.2, 0) is 20.8 Å². The quantitative estimate of drug-likeness (QED) is 0.590. The molecule has 2 amide bonds. The van der Waals surface area contributed by atoms with Crippen LogP contribution < -0.4 is 10.6 Å². The van der Waals surface area contributed by atoms with Gasteiger partial charge in [0, 0.05) is 0 Å². The molecule has 0 fully saturated rings. The van der Waals surface area contributed by atoms with Gasteiger partial charge >= 0.3 is 12.1 Å². The number of hydrogen-bond acceptors (Lipinski definition) is 7. The van der Waals surface area contributed by atoms with Crippen LogP contribution in [0, 0.1) is 5.82 Å². The lowest BCUT2D eigenvalue weighted by Gasteiger charge is -2.20. The molecule has 0 aromatic carbocycles. The Bertz CT molecular complexity index is 718. The number of ether oxygens (including phenoxy) is 2. The summed E-state index contributed by atoms with van der Waals surface area (Å²) in [5, 5.41) is 14.3. The zero-order valence-electron chi connectivity index (χ0n) is 16.5. The Morgan fingerprint density at radius 3 is 2.46 bits per heavy atom. The molecule has 9 nitrogen and oxygen atoms in total. The second-order valence-corrected chi connectivity index (χ2v) is 6.92. The Morgan fingerprint density at radius 1 is 1.29 bits per heavy atom. The highest BCUT2D eigenvalue weighted by Crippen LogP contribution is 2.09. The highest BCUT2D eigenvalue weighted by Gasteiger charge is 2.28. The van der Waals surface area contributed by atoms with Crippen LogP contribution in [0.1, 0.15) is 50.8 Å². The van der Waals surface area contributed by atoms with Gasteiger partial charge in [-0.2, -0.15) is 0 Å². The second-order valence-electron chi connectivity index (χ2n) is 6.92. The SMILES string of the molecule is CCOC(=O)C(NC(=O)c1ccc(F)c(CNC(=O)OC(C)(C)C)n1)C(C)O. The van der Waals surface area contributed by atoms with Crippen molar-refractivity contribution in [2.24, 2.45) is 0 Å². The van der Waals surface area contributed by atoms with Crippen molar-refractivity contribution >= 4 is 18.0 Å². The predicted octanol–water partition coefficient (Wildman–Crippen LogP) is 1.29. The number of carbonyl (C=O) groups is 3. The molecule has 156 valence electrons. The van der Waals surface area contributed by atoms with Crippen molar-refractivity contribution in [3.8, 4) is 0 Å². The summed E-state index contributed by atoms with van der Waals surface area (Å²) in [5.41, 5.74) is -1.11. The molecule has 1 aromatic rings. The molecule has 1 rings (SSSR count). The number of aliphatic hydroxyl groups is 1. The summed E-state index contributed by atoms with van der Waals surface area (Å²) in [4.78, 5) is 39.7. The minimum Gasteiger partial charge on any atom is -0.464 e. The van der Waals surface area contributed by atoms with Gasteiger partial charge in [0.1, 0.15) is 17.1 Å². The Balaban J connectivity index is 2.86. The molecular formula is C18H26FN3O6. The first-order valence-corrected chi connectivity index (χ1v) is 8.72. The van der Waals surface area contributed by atoms with E-state index in [4.69, 9.17) is 9.47 Å². The third-order valence-corrected chi connectivity index (χ3v) is 3.26. The van der Waals surface area contributed by atoms with E-state index in [1.165, 1.54) is 6.92 Å². The van der Waals surface area contributed by atoms with Crippen molar-refractivity contribution in [2.45, 2.75) is 58.9 Å². The molecular weight excluding hydrogens is 373 g/mol. The van der Waals surface area contributed by atoms with Crippen molar-refractivity contribution in [2.75, 3.05) is 6.61 Å². The van der Waals surface area contributed by atoms with E-state index >= 15 is 0 Å². The van der Waals surface area contributed by atoms with E-state index in [2.05, 4.69) is 15.6 Å². The third kappa shape index (κ3) is 7.47. The summed E-state index contributed by atoms with van der Waals surface area (Å²) >= 11 is 0. The van der Waals surface area contributed by atoms with Gasteiger partial charge in [-0.05, 0) is 46.8 Å². The average molecular weight is 399 g/mol. The zero-order valence-corrected chi connectivity index (χ0v) is 16.5. The molecule has 2 unspecified atom stereocenters. The standard InChI is InChI=1S/C18H26FN3O6/c1-6-27-16(25)14(10(2)23)22-15(24)12-8-7-11(19)13(21-12)9-20-17(26)28-18(3,4)5/h7-8,10,14,23H,6,9H2,1-5H3,(H,20,26)(H,22,24). The number of nitrogens with zero attached hydrogens (tertiary/aromatic N) is 1. The van der Waals surface area contributed by atoms with Crippen LogP contribution in [0.2, 0.25) is 0 Å². The summed E-state index contributed by atoms with van der Waals surface area (Å²) in [6, 6.07) is 0.824. The fourth-order valence-corrected chi connectivity index (χ4v) is 2.03. The van der Waals surface area contributed by atoms with Gasteiger partial charge in [-0.3, -0.25) is 4.79 Å². The van der Waals surface area contributed by atoms with Crippen LogP contribution in [0.3, 0.4) is 0 Å². The van der Waals surface area contributed by atoms with E-state index < -0.39 is 41.5 Å². The fraction of sp³-hybridized carbons (Fsp3) is 0.556. The highest BCUT2D eigenvalue weighted by molar-refractivity contribution is 5.95. The molecule has 0 aliphatic heterocycles. The predicted molar refractivity (Wildman–Crippen MR) is 96.8 cm³/mol. The summed E-state index contributed by atoms with van der Waals surface area (Å²) in [5.74, 6) is -2.35. The number of rotatable bonds is 7. The molecule has 10 heteroatoms. The smallest absolute Gasteiger partial charge is 0.407 e. The van der Waals surface area contributed by atoms with Gasteiger partial charge in [0.25, 0.3) is 5.91 Å². The number of carbonyl (C=O) groups excluding carboxylic acids is 3. The molecule has 0 spiro atoms. The molecule has 0 bridgehead atoms. The van der Waals surface area contributed by atoms with E-state index in [0.717, 1.165) is 12.1 Å². The molecule has 2 atom stereocenters. The van der Waals surface area contributed by atoms with E-state index in [1.807, 2.05) is 0 Å². The number of amides is 2. The van der Waals surface area contributed by atoms with Crippen LogP contribution in [0.4, 0.5) is 9.18 Å². The highest BCUT2D eigenvalue weighted by atomic mass is 19.1. The van der Waals surface area contributed by atoms with Gasteiger partial charge in [0.15, 0.2) is 6.04 Å². The minimum absolute atomic E-state index is 0.0766. The molecule has 1 heterocycles. The maximum Gasteiger partial charge on any atom is 0.407 e. The Morgan fingerprint density at radius 2 is 1.93 bits per heavy atom. The first-order valence-electron chi connectivity index (χ1n) is 8.72. The first-order chi connectivity index (χ1) is 12.9. The van der Waals surface area contributed by atoms with Crippen LogP contribution in [0.15, 0.2) is 12.1 Å². The summed E-state index contributed by atoms with van der Waals surface area (Å²) in [6.07, 6.45) is -1.98. The van der Waals surface area contributed by atoms with E-state index in [-0.39, 0.29) is 24.5 Å². The van der Waals surface area contributed by atoms with E-state index in [9.17, 15) is 23.9 Å². The minimum atomic E-state index is -1.30. The number of aliphatic hydroxyl groups excluding tert-OH is 1. The van der Waals surface area contributed by atoms with Crippen LogP contribution in [0.5, 0.6) is 0 Å². The Labute approximate surface area is 162 Å². The molecule has 28 heavy (non-hydrogen) atoms. The monoisotopic (exact) mass is 399 g/mol. The lowest BCUT2D eigenvalue weighted by molar-refractivity contribution is -0.148. The van der Waals surface area contributed by atoms with Crippen molar-refractivity contribution in [1.82, 2.24) is 15.6 Å². The van der Waals surface area contributed by atoms with E-state index in [1.54, 1.807) is 27.7 Å². The van der Waals surface area contributed by atoms with Gasteiger partial charge in [0.05, 0.1) is 24.9 Å². The van der Waals surface area contributed by atoms with Gasteiger partial charge in [-0.1, -0.05) is 0 Å². The lowest BCUT2D eigenvalue weighted by Crippen LogP contribution is -2.48. The number of halogens is 1. The molecule has 0 radical (unpaired) electrons.